The highest BCUT2D eigenvalue weighted by Crippen LogP contribution is 2.52. The van der Waals surface area contributed by atoms with Crippen molar-refractivity contribution in [2.24, 2.45) is 11.8 Å². The second-order valence-corrected chi connectivity index (χ2v) is 9.67. The molecule has 2 aromatic rings. The maximum Gasteiger partial charge on any atom is 0.229 e. The van der Waals surface area contributed by atoms with E-state index < -0.39 is 37.3 Å². The van der Waals surface area contributed by atoms with Gasteiger partial charge in [0.25, 0.3) is 0 Å². The first-order valence-corrected chi connectivity index (χ1v) is 12.5. The van der Waals surface area contributed by atoms with Crippen LogP contribution in [0.4, 0.5) is 0 Å². The van der Waals surface area contributed by atoms with Crippen molar-refractivity contribution in [1.82, 2.24) is 0 Å². The van der Waals surface area contributed by atoms with Crippen molar-refractivity contribution in [1.29, 1.82) is 0 Å². The Morgan fingerprint density at radius 3 is 2.13 bits per heavy atom. The van der Waals surface area contributed by atoms with Crippen LogP contribution in [0.15, 0.2) is 36.4 Å². The summed E-state index contributed by atoms with van der Waals surface area (Å²) >= 11 is 0. The van der Waals surface area contributed by atoms with Crippen molar-refractivity contribution in [3.63, 3.8) is 0 Å². The third-order valence-corrected chi connectivity index (χ3v) is 7.61. The van der Waals surface area contributed by atoms with Crippen molar-refractivity contribution in [2.45, 2.75) is 42.9 Å². The first-order valence-electron chi connectivity index (χ1n) is 12.5. The molecule has 0 spiro atoms. The van der Waals surface area contributed by atoms with Gasteiger partial charge in [0.15, 0.2) is 11.5 Å². The molecule has 0 bridgehead atoms. The monoisotopic (exact) mass is 534 g/mol. The molecule has 0 radical (unpaired) electrons. The van der Waals surface area contributed by atoms with Crippen LogP contribution in [-0.4, -0.2) is 92.3 Å². The summed E-state index contributed by atoms with van der Waals surface area (Å²) in [6.07, 6.45) is -7.27. The summed E-state index contributed by atoms with van der Waals surface area (Å²) in [4.78, 5) is 0. The molecule has 3 saturated heterocycles. The van der Waals surface area contributed by atoms with Gasteiger partial charge in [-0.05, 0) is 29.8 Å². The fourth-order valence-corrected chi connectivity index (χ4v) is 5.54. The molecule has 38 heavy (non-hydrogen) atoms. The minimum absolute atomic E-state index is 0.0965. The summed E-state index contributed by atoms with van der Waals surface area (Å²) in [7, 11) is 4.75. The molecule has 4 N–H and O–H groups in total. The zero-order chi connectivity index (χ0) is 27.0. The summed E-state index contributed by atoms with van der Waals surface area (Å²) < 4.78 is 40.2. The predicted octanol–water partition coefficient (Wildman–Crippen LogP) is 0.966. The van der Waals surface area contributed by atoms with E-state index in [9.17, 15) is 20.4 Å². The van der Waals surface area contributed by atoms with E-state index in [0.29, 0.717) is 36.2 Å². The highest BCUT2D eigenvalue weighted by Gasteiger charge is 2.49. The zero-order valence-electron chi connectivity index (χ0n) is 21.4. The van der Waals surface area contributed by atoms with Gasteiger partial charge in [-0.3, -0.25) is 0 Å². The molecule has 3 heterocycles. The zero-order valence-corrected chi connectivity index (χ0v) is 21.4. The molecule has 3 aliphatic heterocycles. The Kier molecular flexibility index (Phi) is 7.96. The molecule has 9 atom stereocenters. The lowest BCUT2D eigenvalue weighted by atomic mass is 9.84. The lowest BCUT2D eigenvalue weighted by molar-refractivity contribution is -0.277. The minimum Gasteiger partial charge on any atom is -0.496 e. The molecule has 0 saturated carbocycles. The molecule has 2 aromatic carbocycles. The second-order valence-electron chi connectivity index (χ2n) is 9.67. The van der Waals surface area contributed by atoms with E-state index in [1.165, 1.54) is 0 Å². The topological polar surface area (TPSA) is 146 Å². The van der Waals surface area contributed by atoms with Crippen LogP contribution < -0.4 is 18.9 Å². The fraction of sp³-hybridized carbons (Fsp3) is 0.556. The summed E-state index contributed by atoms with van der Waals surface area (Å²) in [5.41, 5.74) is 1.83. The van der Waals surface area contributed by atoms with Gasteiger partial charge in [-0.15, -0.1) is 0 Å². The number of rotatable bonds is 8. The van der Waals surface area contributed by atoms with Crippen molar-refractivity contribution >= 4 is 0 Å². The van der Waals surface area contributed by atoms with Gasteiger partial charge in [-0.1, -0.05) is 6.07 Å². The molecule has 11 heteroatoms. The van der Waals surface area contributed by atoms with Crippen LogP contribution in [0.2, 0.25) is 0 Å². The Hall–Kier alpha value is -2.64. The van der Waals surface area contributed by atoms with E-state index in [1.807, 2.05) is 24.3 Å². The Bertz CT molecular complexity index is 1110. The number of hydrogen-bond acceptors (Lipinski definition) is 11. The number of benzene rings is 2. The van der Waals surface area contributed by atoms with Crippen LogP contribution in [0.3, 0.4) is 0 Å². The smallest absolute Gasteiger partial charge is 0.229 e. The highest BCUT2D eigenvalue weighted by atomic mass is 16.7. The third-order valence-electron chi connectivity index (χ3n) is 7.61. The minimum atomic E-state index is -1.53. The lowest BCUT2D eigenvalue weighted by Gasteiger charge is -2.39. The fourth-order valence-electron chi connectivity index (χ4n) is 5.54. The quantitative estimate of drug-likeness (QED) is 0.384. The van der Waals surface area contributed by atoms with Crippen LogP contribution in [0.1, 0.15) is 23.3 Å². The highest BCUT2D eigenvalue weighted by molar-refractivity contribution is 5.45. The molecule has 0 aromatic heterocycles. The van der Waals surface area contributed by atoms with Gasteiger partial charge in [0, 0.05) is 23.5 Å². The standard InChI is InChI=1S/C27H34O11/c1-32-18-7-4-13(8-20(18)34-3)25-16-11-36-26(17(16)12-35-25)15-6-5-14(9-19(15)33-2)37-27-24(31)23(30)22(29)21(10-28)38-27/h4-9,16-17,21-31H,10-12H2,1-3H3/t16-,17-,21+,22+,23-,24+,25-,26+,27+/m0/s1. The van der Waals surface area contributed by atoms with Crippen molar-refractivity contribution in [3.05, 3.63) is 47.5 Å². The van der Waals surface area contributed by atoms with Gasteiger partial charge in [0.1, 0.15) is 35.9 Å². The molecular formula is C27H34O11. The van der Waals surface area contributed by atoms with Gasteiger partial charge in [0.2, 0.25) is 6.29 Å². The predicted molar refractivity (Wildman–Crippen MR) is 131 cm³/mol. The van der Waals surface area contributed by atoms with Crippen LogP contribution in [0.25, 0.3) is 0 Å². The van der Waals surface area contributed by atoms with Crippen LogP contribution in [-0.2, 0) is 14.2 Å². The first kappa shape index (κ1) is 26.9. The Morgan fingerprint density at radius 1 is 0.763 bits per heavy atom. The average Bonchev–Trinajstić information content (AvgIpc) is 3.55. The molecular weight excluding hydrogens is 500 g/mol. The van der Waals surface area contributed by atoms with Gasteiger partial charge in [-0.25, -0.2) is 0 Å². The van der Waals surface area contributed by atoms with Crippen LogP contribution >= 0.6 is 0 Å². The maximum atomic E-state index is 10.3. The van der Waals surface area contributed by atoms with E-state index in [1.54, 1.807) is 33.5 Å². The van der Waals surface area contributed by atoms with Crippen LogP contribution in [0.5, 0.6) is 23.0 Å². The van der Waals surface area contributed by atoms with E-state index >= 15 is 0 Å². The number of methoxy groups -OCH3 is 3. The molecule has 0 aliphatic carbocycles. The molecule has 208 valence electrons. The third kappa shape index (κ3) is 4.79. The number of fused-ring (bicyclic) bond motifs is 1. The van der Waals surface area contributed by atoms with E-state index in [4.69, 9.17) is 33.2 Å². The van der Waals surface area contributed by atoms with Crippen molar-refractivity contribution in [2.75, 3.05) is 41.2 Å². The maximum absolute atomic E-state index is 10.3. The second kappa shape index (κ2) is 11.2. The Labute approximate surface area is 220 Å². The summed E-state index contributed by atoms with van der Waals surface area (Å²) in [5, 5.41) is 39.7. The SMILES string of the molecule is COc1ccc([C@@H]2OC[C@H]3[C@@H]2CO[C@@H]3c2ccc(O[C@@H]3O[C@H](CO)[C@@H](O)[C@H](O)[C@H]3O)cc2OC)cc1OC. The number of hydrogen-bond donors (Lipinski definition) is 4. The summed E-state index contributed by atoms with van der Waals surface area (Å²) in [5.74, 6) is 2.36. The van der Waals surface area contributed by atoms with E-state index in [-0.39, 0.29) is 24.0 Å². The first-order chi connectivity index (χ1) is 18.4. The van der Waals surface area contributed by atoms with Gasteiger partial charge < -0.3 is 53.6 Å². The van der Waals surface area contributed by atoms with Gasteiger partial charge >= 0.3 is 0 Å². The normalized spacial score (nSPS) is 34.6. The average molecular weight is 535 g/mol. The van der Waals surface area contributed by atoms with Gasteiger partial charge in [-0.2, -0.15) is 0 Å². The van der Waals surface area contributed by atoms with E-state index in [2.05, 4.69) is 0 Å². The summed E-state index contributed by atoms with van der Waals surface area (Å²) in [6.45, 7) is 0.488. The van der Waals surface area contributed by atoms with Crippen LogP contribution in [0, 0.1) is 11.8 Å². The van der Waals surface area contributed by atoms with Crippen molar-refractivity contribution < 1.29 is 53.6 Å². The largest absolute Gasteiger partial charge is 0.496 e. The Balaban J connectivity index is 1.32. The lowest BCUT2D eigenvalue weighted by Crippen LogP contribution is -2.60. The number of ether oxygens (including phenoxy) is 7. The van der Waals surface area contributed by atoms with E-state index in [0.717, 1.165) is 11.1 Å². The van der Waals surface area contributed by atoms with Gasteiger partial charge in [0.05, 0.1) is 53.4 Å². The Morgan fingerprint density at radius 2 is 1.45 bits per heavy atom. The molecule has 3 aliphatic rings. The molecule has 3 fully saturated rings. The number of aliphatic hydroxyl groups excluding tert-OH is 4. The van der Waals surface area contributed by atoms with Crippen molar-refractivity contribution in [3.8, 4) is 23.0 Å². The molecule has 0 unspecified atom stereocenters. The summed E-state index contributed by atoms with van der Waals surface area (Å²) in [6, 6.07) is 11.0. The molecule has 5 rings (SSSR count). The molecule has 0 amide bonds. The molecule has 11 nitrogen and oxygen atoms in total. The number of aliphatic hydroxyl groups is 4.